The van der Waals surface area contributed by atoms with Crippen molar-refractivity contribution in [3.8, 4) is 5.69 Å². The highest BCUT2D eigenvalue weighted by molar-refractivity contribution is 5.56. The number of aromatic nitrogens is 3. The number of hydrogen-bond acceptors (Lipinski definition) is 6. The Balaban J connectivity index is 0.00000259. The van der Waals surface area contributed by atoms with E-state index in [-0.39, 0.29) is 7.11 Å². The maximum absolute atomic E-state index is 13.5. The van der Waals surface area contributed by atoms with Gasteiger partial charge in [-0.2, -0.15) is 4.98 Å². The molecule has 2 fully saturated rings. The van der Waals surface area contributed by atoms with Crippen molar-refractivity contribution >= 4 is 11.6 Å². The average Bonchev–Trinajstić information content (AvgIpc) is 3.15. The summed E-state index contributed by atoms with van der Waals surface area (Å²) in [4.78, 5) is 9.23. The summed E-state index contributed by atoms with van der Waals surface area (Å²) in [6.45, 7) is 8.92. The van der Waals surface area contributed by atoms with Gasteiger partial charge in [-0.05, 0) is 42.3 Å². The van der Waals surface area contributed by atoms with E-state index in [1.807, 2.05) is 6.07 Å². The zero-order chi connectivity index (χ0) is 22.1. The van der Waals surface area contributed by atoms with E-state index in [1.54, 1.807) is 0 Å². The van der Waals surface area contributed by atoms with Crippen molar-refractivity contribution in [1.29, 1.82) is 0 Å². The van der Waals surface area contributed by atoms with E-state index in [0.717, 1.165) is 63.3 Å². The van der Waals surface area contributed by atoms with E-state index >= 15 is 0 Å². The topological polar surface area (TPSA) is 58.5 Å². The van der Waals surface area contributed by atoms with Crippen molar-refractivity contribution in [1.82, 2.24) is 24.6 Å². The summed E-state index contributed by atoms with van der Waals surface area (Å²) < 4.78 is 33.7. The molecule has 2 aliphatic rings. The van der Waals surface area contributed by atoms with Crippen LogP contribution in [-0.4, -0.2) is 70.0 Å². The highest BCUT2D eigenvalue weighted by Crippen LogP contribution is 2.21. The van der Waals surface area contributed by atoms with Crippen LogP contribution >= 0.6 is 0 Å². The number of nitrogens with zero attached hydrogens (tertiary/aromatic N) is 5. The molecule has 3 heterocycles. The normalized spacial score (nSPS) is 18.0. The summed E-state index contributed by atoms with van der Waals surface area (Å²) in [7, 11) is 0. The number of ether oxygens (including phenoxy) is 1. The van der Waals surface area contributed by atoms with Crippen LogP contribution in [0.15, 0.2) is 42.7 Å². The van der Waals surface area contributed by atoms with Gasteiger partial charge in [0.1, 0.15) is 18.0 Å². The molecular formula is C23H28F2N6O. The molecule has 0 aliphatic carbocycles. The second-order valence-corrected chi connectivity index (χ2v) is 8.48. The van der Waals surface area contributed by atoms with Crippen molar-refractivity contribution in [2.75, 3.05) is 44.7 Å². The number of nitrogens with one attached hydrogen (secondary N) is 1. The Kier molecular flexibility index (Phi) is 5.86. The third-order valence-electron chi connectivity index (χ3n) is 5.95. The summed E-state index contributed by atoms with van der Waals surface area (Å²) in [5.41, 5.74) is 3.52. The van der Waals surface area contributed by atoms with E-state index < -0.39 is 11.6 Å². The summed E-state index contributed by atoms with van der Waals surface area (Å²) in [5.74, 6) is -0.951. The molecule has 1 aromatic heterocycles. The van der Waals surface area contributed by atoms with Crippen LogP contribution in [0.2, 0.25) is 0 Å². The molecule has 0 bridgehead atoms. The SMILES string of the molecule is Cc1cc(CN2CCN(C3COC3)CC2)cc(Nc2ncn(-c3cc(F)cc(F)c3)n2)c1.[HH]. The fourth-order valence-electron chi connectivity index (χ4n) is 4.25. The van der Waals surface area contributed by atoms with E-state index in [0.29, 0.717) is 12.0 Å². The second-order valence-electron chi connectivity index (χ2n) is 8.48. The minimum absolute atomic E-state index is 0. The van der Waals surface area contributed by atoms with Gasteiger partial charge in [0.15, 0.2) is 0 Å². The third-order valence-corrected chi connectivity index (χ3v) is 5.95. The van der Waals surface area contributed by atoms with Gasteiger partial charge in [-0.15, -0.1) is 5.10 Å². The number of aryl methyl sites for hydroxylation is 1. The average molecular weight is 443 g/mol. The lowest BCUT2D eigenvalue weighted by atomic mass is 10.1. The molecule has 0 unspecified atom stereocenters. The van der Waals surface area contributed by atoms with Gasteiger partial charge in [0, 0.05) is 45.9 Å². The molecule has 170 valence electrons. The summed E-state index contributed by atoms with van der Waals surface area (Å²) in [5, 5.41) is 7.51. The van der Waals surface area contributed by atoms with E-state index in [4.69, 9.17) is 4.74 Å². The van der Waals surface area contributed by atoms with Crippen molar-refractivity contribution < 1.29 is 14.9 Å². The molecule has 0 radical (unpaired) electrons. The zero-order valence-corrected chi connectivity index (χ0v) is 18.0. The molecule has 0 amide bonds. The lowest BCUT2D eigenvalue weighted by molar-refractivity contribution is -0.0774. The minimum Gasteiger partial charge on any atom is -0.378 e. The molecule has 9 heteroatoms. The Morgan fingerprint density at radius 2 is 1.78 bits per heavy atom. The minimum atomic E-state index is -0.657. The Hall–Kier alpha value is -2.88. The molecule has 2 aromatic carbocycles. The van der Waals surface area contributed by atoms with Crippen molar-refractivity contribution in [3.63, 3.8) is 0 Å². The number of hydrogen-bond donors (Lipinski definition) is 1. The molecule has 1 N–H and O–H groups in total. The number of halogens is 2. The van der Waals surface area contributed by atoms with Gasteiger partial charge >= 0.3 is 0 Å². The lowest BCUT2D eigenvalue weighted by Gasteiger charge is -2.42. The summed E-state index contributed by atoms with van der Waals surface area (Å²) in [6, 6.07) is 10.2. The van der Waals surface area contributed by atoms with Crippen molar-refractivity contribution in [3.05, 3.63) is 65.5 Å². The number of piperazine rings is 1. The van der Waals surface area contributed by atoms with Crippen LogP contribution in [0.5, 0.6) is 0 Å². The predicted molar refractivity (Wildman–Crippen MR) is 119 cm³/mol. The first kappa shape index (κ1) is 21.0. The van der Waals surface area contributed by atoms with Gasteiger partial charge in [-0.25, -0.2) is 13.5 Å². The quantitative estimate of drug-likeness (QED) is 0.632. The Bertz CT molecular complexity index is 1080. The Morgan fingerprint density at radius 1 is 1.03 bits per heavy atom. The number of benzene rings is 2. The molecule has 0 saturated carbocycles. The van der Waals surface area contributed by atoms with Gasteiger partial charge in [0.05, 0.1) is 24.9 Å². The molecule has 5 rings (SSSR count). The molecule has 32 heavy (non-hydrogen) atoms. The first-order valence-corrected chi connectivity index (χ1v) is 10.8. The smallest absolute Gasteiger partial charge is 0.246 e. The molecule has 7 nitrogen and oxygen atoms in total. The van der Waals surface area contributed by atoms with Gasteiger partial charge < -0.3 is 10.1 Å². The summed E-state index contributed by atoms with van der Waals surface area (Å²) >= 11 is 0. The Morgan fingerprint density at radius 3 is 2.47 bits per heavy atom. The Labute approximate surface area is 187 Å². The maximum Gasteiger partial charge on any atom is 0.246 e. The molecular weight excluding hydrogens is 414 g/mol. The van der Waals surface area contributed by atoms with Gasteiger partial charge in [-0.1, -0.05) is 6.07 Å². The molecule has 2 saturated heterocycles. The first-order chi connectivity index (χ1) is 15.5. The van der Waals surface area contributed by atoms with Crippen LogP contribution < -0.4 is 5.32 Å². The summed E-state index contributed by atoms with van der Waals surface area (Å²) in [6.07, 6.45) is 1.43. The van der Waals surface area contributed by atoms with Crippen LogP contribution in [0.3, 0.4) is 0 Å². The van der Waals surface area contributed by atoms with Crippen LogP contribution in [0, 0.1) is 18.6 Å². The fraction of sp³-hybridized carbons (Fsp3) is 0.391. The van der Waals surface area contributed by atoms with E-state index in [9.17, 15) is 8.78 Å². The predicted octanol–water partition coefficient (Wildman–Crippen LogP) is 3.36. The highest BCUT2D eigenvalue weighted by atomic mass is 19.1. The maximum atomic E-state index is 13.5. The van der Waals surface area contributed by atoms with E-state index in [2.05, 4.69) is 44.3 Å². The molecule has 0 atom stereocenters. The molecule has 3 aromatic rings. The molecule has 2 aliphatic heterocycles. The molecule has 0 spiro atoms. The van der Waals surface area contributed by atoms with Crippen LogP contribution in [0.1, 0.15) is 12.6 Å². The number of anilines is 2. The largest absolute Gasteiger partial charge is 0.378 e. The monoisotopic (exact) mass is 442 g/mol. The van der Waals surface area contributed by atoms with Crippen molar-refractivity contribution in [2.45, 2.75) is 19.5 Å². The number of rotatable bonds is 6. The van der Waals surface area contributed by atoms with Crippen molar-refractivity contribution in [2.24, 2.45) is 0 Å². The van der Waals surface area contributed by atoms with Gasteiger partial charge in [0.2, 0.25) is 5.95 Å². The first-order valence-electron chi connectivity index (χ1n) is 10.8. The van der Waals surface area contributed by atoms with Gasteiger partial charge in [0.25, 0.3) is 0 Å². The van der Waals surface area contributed by atoms with Gasteiger partial charge in [-0.3, -0.25) is 9.80 Å². The highest BCUT2D eigenvalue weighted by Gasteiger charge is 2.28. The lowest BCUT2D eigenvalue weighted by Crippen LogP contribution is -2.56. The van der Waals surface area contributed by atoms with Crippen LogP contribution in [0.4, 0.5) is 20.4 Å². The third kappa shape index (κ3) is 4.79. The standard InChI is InChI=1S/C23H26F2N6O.H2/c1-16-6-17(12-29-2-4-30(5-3-29)22-13-32-14-22)8-20(7-16)27-23-26-15-31(28-23)21-10-18(24)9-19(25)11-21;/h6-11,15,22H,2-5,12-14H2,1H3,(H,27,28);1H. The van der Waals surface area contributed by atoms with Crippen LogP contribution in [0.25, 0.3) is 5.69 Å². The van der Waals surface area contributed by atoms with E-state index in [1.165, 1.54) is 28.7 Å². The van der Waals surface area contributed by atoms with Crippen LogP contribution in [-0.2, 0) is 11.3 Å². The fourth-order valence-corrected chi connectivity index (χ4v) is 4.25. The zero-order valence-electron chi connectivity index (χ0n) is 18.0. The second kappa shape index (κ2) is 8.93.